The zero-order valence-corrected chi connectivity index (χ0v) is 17.2. The first kappa shape index (κ1) is 20.5. The maximum absolute atomic E-state index is 12.1. The first-order chi connectivity index (χ1) is 14.1. The summed E-state index contributed by atoms with van der Waals surface area (Å²) in [4.78, 5) is 16.6. The van der Waals surface area contributed by atoms with Crippen LogP contribution < -0.4 is 19.6 Å². The van der Waals surface area contributed by atoms with Gasteiger partial charge in [-0.2, -0.15) is 5.10 Å². The molecule has 0 radical (unpaired) electrons. The van der Waals surface area contributed by atoms with Gasteiger partial charge >= 0.3 is 0 Å². The number of fused-ring (bicyclic) bond motifs is 1. The molecule has 0 bridgehead atoms. The van der Waals surface area contributed by atoms with Crippen LogP contribution in [0.1, 0.15) is 5.56 Å². The SMILES string of the molecule is COc1cc(/C=N/NC(=O)CSc2ccc3ccccc3n2)cc(OC)c1OC. The molecule has 1 aromatic heterocycles. The van der Waals surface area contributed by atoms with Crippen molar-refractivity contribution in [3.63, 3.8) is 0 Å². The lowest BCUT2D eigenvalue weighted by Crippen LogP contribution is -2.19. The van der Waals surface area contributed by atoms with Crippen LogP contribution in [0.2, 0.25) is 0 Å². The highest BCUT2D eigenvalue weighted by Crippen LogP contribution is 2.37. The predicted molar refractivity (Wildman–Crippen MR) is 114 cm³/mol. The van der Waals surface area contributed by atoms with Gasteiger partial charge < -0.3 is 14.2 Å². The molecule has 150 valence electrons. The van der Waals surface area contributed by atoms with Gasteiger partial charge in [-0.15, -0.1) is 0 Å². The molecule has 8 heteroatoms. The molecule has 7 nitrogen and oxygen atoms in total. The van der Waals surface area contributed by atoms with Gasteiger partial charge in [0.2, 0.25) is 11.7 Å². The van der Waals surface area contributed by atoms with E-state index in [1.165, 1.54) is 39.3 Å². The van der Waals surface area contributed by atoms with Crippen LogP contribution in [0.4, 0.5) is 0 Å². The third-order valence-electron chi connectivity index (χ3n) is 4.01. The molecule has 0 aliphatic heterocycles. The monoisotopic (exact) mass is 411 g/mol. The molecule has 0 unspecified atom stereocenters. The molecule has 2 aromatic carbocycles. The van der Waals surface area contributed by atoms with Crippen molar-refractivity contribution in [2.45, 2.75) is 5.03 Å². The first-order valence-corrected chi connectivity index (χ1v) is 9.73. The quantitative estimate of drug-likeness (QED) is 0.347. The van der Waals surface area contributed by atoms with E-state index in [1.807, 2.05) is 36.4 Å². The zero-order valence-electron chi connectivity index (χ0n) is 16.3. The minimum absolute atomic E-state index is 0.206. The minimum Gasteiger partial charge on any atom is -0.493 e. The van der Waals surface area contributed by atoms with Gasteiger partial charge in [-0.25, -0.2) is 10.4 Å². The summed E-state index contributed by atoms with van der Waals surface area (Å²) in [5.41, 5.74) is 4.11. The number of pyridine rings is 1. The van der Waals surface area contributed by atoms with Crippen molar-refractivity contribution in [2.75, 3.05) is 27.1 Å². The van der Waals surface area contributed by atoms with Crippen LogP contribution in [0.15, 0.2) is 58.7 Å². The molecule has 1 amide bonds. The lowest BCUT2D eigenvalue weighted by Gasteiger charge is -2.12. The van der Waals surface area contributed by atoms with Crippen LogP contribution >= 0.6 is 11.8 Å². The van der Waals surface area contributed by atoms with Crippen molar-refractivity contribution >= 4 is 34.8 Å². The number of aromatic nitrogens is 1. The maximum atomic E-state index is 12.1. The number of carbonyl (C=O) groups excluding carboxylic acids is 1. The second kappa shape index (κ2) is 9.79. The average Bonchev–Trinajstić information content (AvgIpc) is 2.76. The van der Waals surface area contributed by atoms with Gasteiger partial charge in [-0.05, 0) is 24.3 Å². The molecule has 29 heavy (non-hydrogen) atoms. The number of carbonyl (C=O) groups is 1. The average molecular weight is 411 g/mol. The van der Waals surface area contributed by atoms with Crippen molar-refractivity contribution < 1.29 is 19.0 Å². The van der Waals surface area contributed by atoms with Crippen molar-refractivity contribution in [2.24, 2.45) is 5.10 Å². The highest BCUT2D eigenvalue weighted by Gasteiger charge is 2.12. The smallest absolute Gasteiger partial charge is 0.250 e. The summed E-state index contributed by atoms with van der Waals surface area (Å²) in [5, 5.41) is 5.85. The molecular formula is C21H21N3O4S. The van der Waals surface area contributed by atoms with Gasteiger partial charge in [0, 0.05) is 10.9 Å². The van der Waals surface area contributed by atoms with Gasteiger partial charge in [0.15, 0.2) is 11.5 Å². The van der Waals surface area contributed by atoms with Crippen molar-refractivity contribution in [1.29, 1.82) is 0 Å². The van der Waals surface area contributed by atoms with Crippen molar-refractivity contribution in [1.82, 2.24) is 10.4 Å². The Morgan fingerprint density at radius 1 is 1.07 bits per heavy atom. The molecule has 0 aliphatic carbocycles. The number of hydrogen-bond donors (Lipinski definition) is 1. The number of hydrazone groups is 1. The number of hydrogen-bond acceptors (Lipinski definition) is 7. The lowest BCUT2D eigenvalue weighted by atomic mass is 10.2. The molecule has 0 aliphatic rings. The van der Waals surface area contributed by atoms with Gasteiger partial charge in [-0.1, -0.05) is 36.0 Å². The molecule has 1 heterocycles. The summed E-state index contributed by atoms with van der Waals surface area (Å²) in [7, 11) is 4.62. The fourth-order valence-electron chi connectivity index (χ4n) is 2.65. The van der Waals surface area contributed by atoms with E-state index in [0.717, 1.165) is 15.9 Å². The number of amides is 1. The highest BCUT2D eigenvalue weighted by atomic mass is 32.2. The fraction of sp³-hybridized carbons (Fsp3) is 0.190. The summed E-state index contributed by atoms with van der Waals surface area (Å²) in [6, 6.07) is 15.2. The Morgan fingerprint density at radius 2 is 1.79 bits per heavy atom. The summed E-state index contributed by atoms with van der Waals surface area (Å²) < 4.78 is 15.9. The second-order valence-corrected chi connectivity index (χ2v) is 6.88. The molecule has 0 saturated heterocycles. The van der Waals surface area contributed by atoms with Crippen LogP contribution in [0.3, 0.4) is 0 Å². The van der Waals surface area contributed by atoms with Crippen LogP contribution in [0.25, 0.3) is 10.9 Å². The van der Waals surface area contributed by atoms with Gasteiger partial charge in [0.05, 0.1) is 43.8 Å². The standard InChI is InChI=1S/C21H21N3O4S/c1-26-17-10-14(11-18(27-2)21(17)28-3)12-22-24-19(25)13-29-20-9-8-15-6-4-5-7-16(15)23-20/h4-12H,13H2,1-3H3,(H,24,25)/b22-12+. The van der Waals surface area contributed by atoms with Crippen LogP contribution in [0, 0.1) is 0 Å². The van der Waals surface area contributed by atoms with Crippen molar-refractivity contribution in [3.8, 4) is 17.2 Å². The Kier molecular flexibility index (Phi) is 6.91. The molecule has 0 spiro atoms. The third kappa shape index (κ3) is 5.17. The molecule has 3 rings (SSSR count). The normalized spacial score (nSPS) is 10.9. The highest BCUT2D eigenvalue weighted by molar-refractivity contribution is 7.99. The molecule has 0 saturated carbocycles. The van der Waals surface area contributed by atoms with Crippen LogP contribution in [-0.2, 0) is 4.79 Å². The number of nitrogens with zero attached hydrogens (tertiary/aromatic N) is 2. The number of thioether (sulfide) groups is 1. The van der Waals surface area contributed by atoms with E-state index >= 15 is 0 Å². The van der Waals surface area contributed by atoms with Crippen molar-refractivity contribution in [3.05, 3.63) is 54.1 Å². The number of nitrogens with one attached hydrogen (secondary N) is 1. The Hall–Kier alpha value is -3.26. The third-order valence-corrected chi connectivity index (χ3v) is 4.94. The van der Waals surface area contributed by atoms with E-state index in [4.69, 9.17) is 14.2 Å². The van der Waals surface area contributed by atoms with Crippen LogP contribution in [-0.4, -0.2) is 44.2 Å². The number of benzene rings is 2. The summed E-state index contributed by atoms with van der Waals surface area (Å²) in [5.74, 6) is 1.50. The van der Waals surface area contributed by atoms with E-state index in [-0.39, 0.29) is 11.7 Å². The van der Waals surface area contributed by atoms with E-state index in [1.54, 1.807) is 12.1 Å². The predicted octanol–water partition coefficient (Wildman–Crippen LogP) is 3.50. The second-order valence-electron chi connectivity index (χ2n) is 5.88. The fourth-order valence-corrected chi connectivity index (χ4v) is 3.32. The molecular weight excluding hydrogens is 390 g/mol. The Morgan fingerprint density at radius 3 is 2.48 bits per heavy atom. The van der Waals surface area contributed by atoms with E-state index < -0.39 is 0 Å². The largest absolute Gasteiger partial charge is 0.493 e. The zero-order chi connectivity index (χ0) is 20.6. The first-order valence-electron chi connectivity index (χ1n) is 8.75. The van der Waals surface area contributed by atoms with Gasteiger partial charge in [-0.3, -0.25) is 4.79 Å². The minimum atomic E-state index is -0.228. The van der Waals surface area contributed by atoms with Gasteiger partial charge in [0.1, 0.15) is 0 Å². The van der Waals surface area contributed by atoms with E-state index in [9.17, 15) is 4.79 Å². The Bertz CT molecular complexity index is 1010. The Balaban J connectivity index is 1.59. The molecule has 0 atom stereocenters. The Labute approximate surface area is 173 Å². The van der Waals surface area contributed by atoms with E-state index in [2.05, 4.69) is 15.5 Å². The molecule has 0 fully saturated rings. The maximum Gasteiger partial charge on any atom is 0.250 e. The number of rotatable bonds is 8. The van der Waals surface area contributed by atoms with E-state index in [0.29, 0.717) is 22.8 Å². The molecule has 1 N–H and O–H groups in total. The number of para-hydroxylation sites is 1. The summed E-state index contributed by atoms with van der Waals surface area (Å²) in [6.45, 7) is 0. The number of methoxy groups -OCH3 is 3. The summed E-state index contributed by atoms with van der Waals surface area (Å²) in [6.07, 6.45) is 1.52. The molecule has 3 aromatic rings. The van der Waals surface area contributed by atoms with Gasteiger partial charge in [0.25, 0.3) is 0 Å². The summed E-state index contributed by atoms with van der Waals surface area (Å²) >= 11 is 1.35. The number of ether oxygens (including phenoxy) is 3. The van der Waals surface area contributed by atoms with Crippen LogP contribution in [0.5, 0.6) is 17.2 Å². The topological polar surface area (TPSA) is 82.0 Å². The lowest BCUT2D eigenvalue weighted by molar-refractivity contribution is -0.118.